The van der Waals surface area contributed by atoms with Gasteiger partial charge in [-0.05, 0) is 0 Å². The van der Waals surface area contributed by atoms with E-state index < -0.39 is 17.3 Å². The second-order valence-electron chi connectivity index (χ2n) is 6.34. The molecular weight excluding hydrogens is 292 g/mol. The fourth-order valence-electron chi connectivity index (χ4n) is 3.03. The molecule has 0 bridgehead atoms. The van der Waals surface area contributed by atoms with Gasteiger partial charge in [-0.1, -0.05) is 0 Å². The average molecular weight is 318 g/mol. The number of hydrogen-bond donors (Lipinski definition) is 4. The van der Waals surface area contributed by atoms with Crippen LogP contribution in [0.4, 0.5) is 0 Å². The molecule has 2 heterocycles. The molecule has 2 atom stereocenters. The number of carbonyl (C=O) groups excluding carboxylic acids is 1. The summed E-state index contributed by atoms with van der Waals surface area (Å²) in [5.41, 5.74) is -2.26. The van der Waals surface area contributed by atoms with Crippen molar-refractivity contribution in [2.24, 2.45) is 0 Å². The van der Waals surface area contributed by atoms with Crippen LogP contribution in [-0.4, -0.2) is 96.5 Å². The largest absolute Gasteiger partial charge is 0.389 e. The van der Waals surface area contributed by atoms with Crippen LogP contribution in [-0.2, 0) is 14.3 Å². The fraction of sp³-hybridized carbons (Fsp3) is 0.929. The van der Waals surface area contributed by atoms with E-state index in [9.17, 15) is 20.1 Å². The van der Waals surface area contributed by atoms with E-state index in [1.165, 1.54) is 7.11 Å². The minimum absolute atomic E-state index is 0.0472. The van der Waals surface area contributed by atoms with E-state index in [1.54, 1.807) is 0 Å². The van der Waals surface area contributed by atoms with Crippen molar-refractivity contribution in [3.05, 3.63) is 0 Å². The van der Waals surface area contributed by atoms with Crippen LogP contribution in [0.15, 0.2) is 0 Å². The van der Waals surface area contributed by atoms with Crippen LogP contribution in [0.5, 0.6) is 0 Å². The van der Waals surface area contributed by atoms with Gasteiger partial charge in [0.1, 0.15) is 12.2 Å². The van der Waals surface area contributed by atoms with E-state index in [2.05, 4.69) is 5.32 Å². The van der Waals surface area contributed by atoms with Gasteiger partial charge in [0.25, 0.3) is 0 Å². The summed E-state index contributed by atoms with van der Waals surface area (Å²) in [7, 11) is 1.41. The number of hydrogen-bond acceptors (Lipinski definition) is 7. The first-order valence-electron chi connectivity index (χ1n) is 7.55. The molecule has 2 saturated heterocycles. The number of amides is 1. The molecule has 1 amide bonds. The number of rotatable bonds is 6. The second kappa shape index (κ2) is 7.20. The van der Waals surface area contributed by atoms with Crippen molar-refractivity contribution >= 4 is 5.91 Å². The molecule has 0 radical (unpaired) electrons. The highest BCUT2D eigenvalue weighted by atomic mass is 16.5. The lowest BCUT2D eigenvalue weighted by molar-refractivity contribution is -0.127. The van der Waals surface area contributed by atoms with Crippen molar-refractivity contribution in [2.75, 3.05) is 53.1 Å². The average Bonchev–Trinajstić information content (AvgIpc) is 2.72. The van der Waals surface area contributed by atoms with Crippen LogP contribution in [0.2, 0.25) is 0 Å². The molecule has 2 aliphatic heterocycles. The summed E-state index contributed by atoms with van der Waals surface area (Å²) >= 11 is 0. The standard InChI is InChI=1S/C14H26N2O6/c1-21-7-12(18)15-8-14(20)10-16(6-11(14)17)9-13(19)2-4-22-5-3-13/h11,17,19-20H,2-10H2,1H3,(H,15,18)/t11-,14+/m1/s1. The Balaban J connectivity index is 1.86. The molecule has 128 valence electrons. The van der Waals surface area contributed by atoms with Crippen LogP contribution < -0.4 is 5.32 Å². The van der Waals surface area contributed by atoms with Gasteiger partial charge in [-0.15, -0.1) is 0 Å². The lowest BCUT2D eigenvalue weighted by Gasteiger charge is -2.35. The summed E-state index contributed by atoms with van der Waals surface area (Å²) in [6.07, 6.45) is 0.115. The van der Waals surface area contributed by atoms with Gasteiger partial charge in [0.15, 0.2) is 0 Å². The Morgan fingerprint density at radius 1 is 1.41 bits per heavy atom. The minimum Gasteiger partial charge on any atom is -0.389 e. The summed E-state index contributed by atoms with van der Waals surface area (Å²) < 4.78 is 9.94. The molecule has 8 nitrogen and oxygen atoms in total. The molecule has 0 unspecified atom stereocenters. The second-order valence-corrected chi connectivity index (χ2v) is 6.34. The smallest absolute Gasteiger partial charge is 0.246 e. The molecule has 0 aromatic rings. The van der Waals surface area contributed by atoms with Gasteiger partial charge in [0.2, 0.25) is 5.91 Å². The van der Waals surface area contributed by atoms with Crippen molar-refractivity contribution in [1.29, 1.82) is 0 Å². The summed E-state index contributed by atoms with van der Waals surface area (Å²) in [6, 6.07) is 0. The number of likely N-dealkylation sites (tertiary alicyclic amines) is 1. The predicted octanol–water partition coefficient (Wildman–Crippen LogP) is -2.30. The van der Waals surface area contributed by atoms with E-state index in [-0.39, 0.29) is 32.1 Å². The monoisotopic (exact) mass is 318 g/mol. The Bertz CT molecular complexity index is 388. The summed E-state index contributed by atoms with van der Waals surface area (Å²) in [6.45, 7) is 1.74. The van der Waals surface area contributed by atoms with E-state index in [1.807, 2.05) is 4.90 Å². The maximum Gasteiger partial charge on any atom is 0.246 e. The lowest BCUT2D eigenvalue weighted by Crippen LogP contribution is -2.52. The van der Waals surface area contributed by atoms with Gasteiger partial charge < -0.3 is 30.1 Å². The highest BCUT2D eigenvalue weighted by Gasteiger charge is 2.46. The summed E-state index contributed by atoms with van der Waals surface area (Å²) in [5, 5.41) is 33.7. The Morgan fingerprint density at radius 2 is 2.09 bits per heavy atom. The van der Waals surface area contributed by atoms with Gasteiger partial charge in [0.05, 0.1) is 18.2 Å². The number of carbonyl (C=O) groups is 1. The van der Waals surface area contributed by atoms with Gasteiger partial charge >= 0.3 is 0 Å². The maximum absolute atomic E-state index is 11.4. The van der Waals surface area contributed by atoms with Gasteiger partial charge in [-0.2, -0.15) is 0 Å². The third kappa shape index (κ3) is 4.37. The minimum atomic E-state index is -1.41. The molecule has 22 heavy (non-hydrogen) atoms. The molecule has 0 aliphatic carbocycles. The summed E-state index contributed by atoms with van der Waals surface area (Å²) in [4.78, 5) is 13.2. The molecule has 2 fully saturated rings. The number of methoxy groups -OCH3 is 1. The van der Waals surface area contributed by atoms with Crippen molar-refractivity contribution < 1.29 is 29.6 Å². The third-order valence-corrected chi connectivity index (χ3v) is 4.36. The Kier molecular flexibility index (Phi) is 5.76. The van der Waals surface area contributed by atoms with Gasteiger partial charge in [-0.3, -0.25) is 9.69 Å². The topological polar surface area (TPSA) is 111 Å². The van der Waals surface area contributed by atoms with Crippen molar-refractivity contribution in [3.8, 4) is 0 Å². The van der Waals surface area contributed by atoms with Crippen molar-refractivity contribution in [3.63, 3.8) is 0 Å². The SMILES string of the molecule is COCC(=O)NC[C@]1(O)CN(CC2(O)CCOCC2)C[C@H]1O. The molecule has 0 aromatic heterocycles. The van der Waals surface area contributed by atoms with Crippen molar-refractivity contribution in [1.82, 2.24) is 10.2 Å². The maximum atomic E-state index is 11.4. The molecule has 2 aliphatic rings. The van der Waals surface area contributed by atoms with Crippen molar-refractivity contribution in [2.45, 2.75) is 30.1 Å². The van der Waals surface area contributed by atoms with Gasteiger partial charge in [0, 0.05) is 52.8 Å². The fourth-order valence-corrected chi connectivity index (χ4v) is 3.03. The lowest BCUT2D eigenvalue weighted by atomic mass is 9.94. The quantitative estimate of drug-likeness (QED) is 0.436. The molecule has 2 rings (SSSR count). The Morgan fingerprint density at radius 3 is 2.73 bits per heavy atom. The van der Waals surface area contributed by atoms with Crippen LogP contribution in [0, 0.1) is 0 Å². The molecule has 0 saturated carbocycles. The Hall–Kier alpha value is -0.770. The number of aliphatic hydroxyl groups excluding tert-OH is 1. The van der Waals surface area contributed by atoms with E-state index >= 15 is 0 Å². The van der Waals surface area contributed by atoms with Gasteiger partial charge in [-0.25, -0.2) is 0 Å². The highest BCUT2D eigenvalue weighted by Crippen LogP contribution is 2.27. The molecule has 8 heteroatoms. The van der Waals surface area contributed by atoms with E-state index in [4.69, 9.17) is 9.47 Å². The van der Waals surface area contributed by atoms with Crippen LogP contribution in [0.25, 0.3) is 0 Å². The third-order valence-electron chi connectivity index (χ3n) is 4.36. The van der Waals surface area contributed by atoms with Crippen LogP contribution in [0.1, 0.15) is 12.8 Å². The first-order valence-corrected chi connectivity index (χ1v) is 7.55. The number of aliphatic hydroxyl groups is 3. The molecule has 4 N–H and O–H groups in total. The molecule has 0 aromatic carbocycles. The molecule has 0 spiro atoms. The number of nitrogens with one attached hydrogen (secondary N) is 1. The number of ether oxygens (including phenoxy) is 2. The first kappa shape index (κ1) is 17.6. The normalized spacial score (nSPS) is 32.1. The predicted molar refractivity (Wildman–Crippen MR) is 77.3 cm³/mol. The van der Waals surface area contributed by atoms with Crippen LogP contribution >= 0.6 is 0 Å². The zero-order valence-electron chi connectivity index (χ0n) is 13.0. The zero-order chi connectivity index (χ0) is 16.2. The van der Waals surface area contributed by atoms with E-state index in [0.717, 1.165) is 0 Å². The van der Waals surface area contributed by atoms with Crippen LogP contribution in [0.3, 0.4) is 0 Å². The summed E-state index contributed by atoms with van der Waals surface area (Å²) in [5.74, 6) is -0.343. The Labute approximate surface area is 130 Å². The zero-order valence-corrected chi connectivity index (χ0v) is 13.0. The first-order chi connectivity index (χ1) is 10.4. The van der Waals surface area contributed by atoms with E-state index in [0.29, 0.717) is 32.6 Å². The highest BCUT2D eigenvalue weighted by molar-refractivity contribution is 5.77. The molecular formula is C14H26N2O6. The number of β-amino-alcohol motifs (C(OH)–C–C–N with tert-alkyl or cyclic N) is 3. The number of nitrogens with zero attached hydrogens (tertiary/aromatic N) is 1.